The summed E-state index contributed by atoms with van der Waals surface area (Å²) in [6, 6.07) is 4.20. The first-order valence-electron chi connectivity index (χ1n) is 5.29. The van der Waals surface area contributed by atoms with E-state index in [1.807, 2.05) is 4.57 Å². The normalized spacial score (nSPS) is 11.2. The molecule has 0 bridgehead atoms. The van der Waals surface area contributed by atoms with Crippen LogP contribution in [-0.4, -0.2) is 14.8 Å². The highest BCUT2D eigenvalue weighted by Crippen LogP contribution is 2.18. The van der Waals surface area contributed by atoms with Crippen LogP contribution < -0.4 is 0 Å². The second-order valence-corrected chi connectivity index (χ2v) is 5.33. The van der Waals surface area contributed by atoms with Crippen LogP contribution in [0.15, 0.2) is 17.5 Å². The average Bonchev–Trinajstić information content (AvgIpc) is 2.84. The summed E-state index contributed by atoms with van der Waals surface area (Å²) >= 11 is 7.79. The Morgan fingerprint density at radius 3 is 2.88 bits per heavy atom. The summed E-state index contributed by atoms with van der Waals surface area (Å²) in [5, 5.41) is 10.6. The van der Waals surface area contributed by atoms with E-state index in [0.29, 0.717) is 11.2 Å². The summed E-state index contributed by atoms with van der Waals surface area (Å²) in [6.07, 6.45) is 0.981. The van der Waals surface area contributed by atoms with Gasteiger partial charge < -0.3 is 4.57 Å². The summed E-state index contributed by atoms with van der Waals surface area (Å²) in [5.41, 5.74) is 0. The molecule has 2 rings (SSSR count). The fraction of sp³-hybridized carbons (Fsp3) is 0.455. The maximum atomic E-state index is 6.02. The molecule has 0 saturated carbocycles. The van der Waals surface area contributed by atoms with Gasteiger partial charge in [0.15, 0.2) is 0 Å². The first-order chi connectivity index (χ1) is 7.68. The molecule has 0 aliphatic carbocycles. The molecule has 3 nitrogen and oxygen atoms in total. The number of aryl methyl sites for hydroxylation is 1. The van der Waals surface area contributed by atoms with Gasteiger partial charge in [-0.1, -0.05) is 19.9 Å². The Bertz CT molecular complexity index is 448. The Labute approximate surface area is 104 Å². The second-order valence-electron chi connectivity index (χ2n) is 3.96. The number of thiophene rings is 1. The van der Waals surface area contributed by atoms with Gasteiger partial charge in [0.05, 0.1) is 0 Å². The molecule has 0 atom stereocenters. The standard InChI is InChI=1S/C11H14ClN3S/c1-8(2)10-13-14-11(12)15(10)6-5-9-4-3-7-16-9/h3-4,7-8H,5-6H2,1-2H3. The molecule has 0 saturated heterocycles. The Hall–Kier alpha value is -0.870. The van der Waals surface area contributed by atoms with E-state index in [1.165, 1.54) is 4.88 Å². The van der Waals surface area contributed by atoms with Crippen LogP contribution in [-0.2, 0) is 13.0 Å². The number of nitrogens with zero attached hydrogens (tertiary/aromatic N) is 3. The fourth-order valence-corrected chi connectivity index (χ4v) is 2.51. The third kappa shape index (κ3) is 2.44. The van der Waals surface area contributed by atoms with Gasteiger partial charge in [0.25, 0.3) is 0 Å². The maximum Gasteiger partial charge on any atom is 0.225 e. The van der Waals surface area contributed by atoms with Crippen LogP contribution in [0, 0.1) is 0 Å². The van der Waals surface area contributed by atoms with Crippen molar-refractivity contribution in [3.05, 3.63) is 33.5 Å². The van der Waals surface area contributed by atoms with E-state index in [1.54, 1.807) is 11.3 Å². The van der Waals surface area contributed by atoms with E-state index >= 15 is 0 Å². The van der Waals surface area contributed by atoms with Gasteiger partial charge in [0.2, 0.25) is 5.28 Å². The molecule has 0 fully saturated rings. The zero-order valence-electron chi connectivity index (χ0n) is 9.35. The van der Waals surface area contributed by atoms with Crippen LogP contribution in [0.2, 0.25) is 5.28 Å². The van der Waals surface area contributed by atoms with E-state index in [-0.39, 0.29) is 0 Å². The zero-order valence-corrected chi connectivity index (χ0v) is 10.9. The van der Waals surface area contributed by atoms with Crippen molar-refractivity contribution in [3.8, 4) is 0 Å². The van der Waals surface area contributed by atoms with E-state index in [0.717, 1.165) is 18.8 Å². The van der Waals surface area contributed by atoms with E-state index in [2.05, 4.69) is 41.6 Å². The SMILES string of the molecule is CC(C)c1nnc(Cl)n1CCc1cccs1. The van der Waals surface area contributed by atoms with Crippen LogP contribution in [0.25, 0.3) is 0 Å². The lowest BCUT2D eigenvalue weighted by atomic mass is 10.2. The van der Waals surface area contributed by atoms with Gasteiger partial charge in [-0.3, -0.25) is 0 Å². The molecule has 0 unspecified atom stereocenters. The van der Waals surface area contributed by atoms with Gasteiger partial charge in [-0.25, -0.2) is 0 Å². The molecule has 0 aliphatic rings. The topological polar surface area (TPSA) is 30.7 Å². The second kappa shape index (κ2) is 4.97. The van der Waals surface area contributed by atoms with Gasteiger partial charge in [-0.15, -0.1) is 21.5 Å². The first-order valence-corrected chi connectivity index (χ1v) is 6.55. The Morgan fingerprint density at radius 1 is 1.44 bits per heavy atom. The number of halogens is 1. The lowest BCUT2D eigenvalue weighted by Crippen LogP contribution is -2.07. The summed E-state index contributed by atoms with van der Waals surface area (Å²) in [4.78, 5) is 1.36. The minimum atomic E-state index is 0.350. The van der Waals surface area contributed by atoms with Crippen LogP contribution in [0.4, 0.5) is 0 Å². The molecule has 5 heteroatoms. The quantitative estimate of drug-likeness (QED) is 0.839. The van der Waals surface area contributed by atoms with Crippen molar-refractivity contribution in [1.29, 1.82) is 0 Å². The molecule has 0 spiro atoms. The molecular weight excluding hydrogens is 242 g/mol. The van der Waals surface area contributed by atoms with Crippen LogP contribution in [0.3, 0.4) is 0 Å². The van der Waals surface area contributed by atoms with Crippen LogP contribution in [0.5, 0.6) is 0 Å². The summed E-state index contributed by atoms with van der Waals surface area (Å²) < 4.78 is 1.99. The fourth-order valence-electron chi connectivity index (χ4n) is 1.61. The number of hydrogen-bond acceptors (Lipinski definition) is 3. The highest BCUT2D eigenvalue weighted by Gasteiger charge is 2.13. The lowest BCUT2D eigenvalue weighted by Gasteiger charge is -2.08. The van der Waals surface area contributed by atoms with Gasteiger partial charge in [0.1, 0.15) is 5.82 Å². The third-order valence-electron chi connectivity index (χ3n) is 2.41. The molecule has 0 aromatic carbocycles. The number of hydrogen-bond donors (Lipinski definition) is 0. The van der Waals surface area contributed by atoms with E-state index < -0.39 is 0 Å². The van der Waals surface area contributed by atoms with Crippen LogP contribution >= 0.6 is 22.9 Å². The smallest absolute Gasteiger partial charge is 0.225 e. The van der Waals surface area contributed by atoms with Crippen molar-refractivity contribution < 1.29 is 0 Å². The minimum absolute atomic E-state index is 0.350. The highest BCUT2D eigenvalue weighted by atomic mass is 35.5. The Balaban J connectivity index is 2.11. The van der Waals surface area contributed by atoms with E-state index in [4.69, 9.17) is 11.6 Å². The molecule has 2 aromatic heterocycles. The Morgan fingerprint density at radius 2 is 2.25 bits per heavy atom. The van der Waals surface area contributed by atoms with Crippen LogP contribution in [0.1, 0.15) is 30.5 Å². The lowest BCUT2D eigenvalue weighted by molar-refractivity contribution is 0.623. The number of aromatic nitrogens is 3. The molecule has 2 aromatic rings. The molecule has 86 valence electrons. The molecule has 16 heavy (non-hydrogen) atoms. The molecule has 0 aliphatic heterocycles. The van der Waals surface area contributed by atoms with Crippen molar-refractivity contribution in [3.63, 3.8) is 0 Å². The maximum absolute atomic E-state index is 6.02. The van der Waals surface area contributed by atoms with Crippen molar-refractivity contribution >= 4 is 22.9 Å². The summed E-state index contributed by atoms with van der Waals surface area (Å²) in [6.45, 7) is 5.05. The van der Waals surface area contributed by atoms with Crippen molar-refractivity contribution in [2.45, 2.75) is 32.7 Å². The van der Waals surface area contributed by atoms with Crippen molar-refractivity contribution in [2.75, 3.05) is 0 Å². The summed E-state index contributed by atoms with van der Waals surface area (Å²) in [5.74, 6) is 1.31. The Kier molecular flexibility index (Phi) is 3.61. The largest absolute Gasteiger partial charge is 0.301 e. The predicted octanol–water partition coefficient (Wildman–Crippen LogP) is 3.36. The van der Waals surface area contributed by atoms with Gasteiger partial charge >= 0.3 is 0 Å². The van der Waals surface area contributed by atoms with E-state index in [9.17, 15) is 0 Å². The van der Waals surface area contributed by atoms with Crippen molar-refractivity contribution in [2.24, 2.45) is 0 Å². The monoisotopic (exact) mass is 255 g/mol. The molecule has 0 N–H and O–H groups in total. The van der Waals surface area contributed by atoms with Gasteiger partial charge in [0, 0.05) is 17.3 Å². The summed E-state index contributed by atoms with van der Waals surface area (Å²) in [7, 11) is 0. The molecule has 0 radical (unpaired) electrons. The average molecular weight is 256 g/mol. The first kappa shape index (κ1) is 11.6. The molecule has 0 amide bonds. The number of rotatable bonds is 4. The van der Waals surface area contributed by atoms with Crippen molar-refractivity contribution in [1.82, 2.24) is 14.8 Å². The van der Waals surface area contributed by atoms with Gasteiger partial charge in [-0.2, -0.15) is 0 Å². The highest BCUT2D eigenvalue weighted by molar-refractivity contribution is 7.09. The molecule has 2 heterocycles. The third-order valence-corrected chi connectivity index (χ3v) is 3.63. The molecular formula is C11H14ClN3S. The predicted molar refractivity (Wildman–Crippen MR) is 67.1 cm³/mol. The van der Waals surface area contributed by atoms with Gasteiger partial charge in [-0.05, 0) is 29.5 Å². The minimum Gasteiger partial charge on any atom is -0.301 e. The zero-order chi connectivity index (χ0) is 11.5.